The molecule has 110 valence electrons. The second kappa shape index (κ2) is 6.17. The summed E-state index contributed by atoms with van der Waals surface area (Å²) in [5, 5.41) is 3.83. The number of halogens is 1. The highest BCUT2D eigenvalue weighted by molar-refractivity contribution is 5.86. The first kappa shape index (κ1) is 14.7. The fourth-order valence-corrected chi connectivity index (χ4v) is 1.68. The molecule has 0 saturated carbocycles. The lowest BCUT2D eigenvalue weighted by Gasteiger charge is -2.09. The number of hydrogen-bond donors (Lipinski definition) is 0. The quantitative estimate of drug-likeness (QED) is 0.800. The molecular formula is C14H13FN2O4. The topological polar surface area (TPSA) is 70.4 Å². The SMILES string of the molecule is CCOC(=O)c1nn(-c2cc(OC)ccc2F)ccc1=O. The van der Waals surface area contributed by atoms with Gasteiger partial charge in [-0.2, -0.15) is 5.10 Å². The van der Waals surface area contributed by atoms with E-state index in [-0.39, 0.29) is 12.3 Å². The molecule has 0 atom stereocenters. The first-order valence-electron chi connectivity index (χ1n) is 6.17. The summed E-state index contributed by atoms with van der Waals surface area (Å²) in [6.07, 6.45) is 1.27. The van der Waals surface area contributed by atoms with Crippen LogP contribution >= 0.6 is 0 Å². The second-order valence-corrected chi connectivity index (χ2v) is 4.01. The van der Waals surface area contributed by atoms with Crippen molar-refractivity contribution in [2.75, 3.05) is 13.7 Å². The molecule has 0 amide bonds. The molecule has 0 N–H and O–H groups in total. The van der Waals surface area contributed by atoms with Crippen LogP contribution in [0.2, 0.25) is 0 Å². The van der Waals surface area contributed by atoms with Crippen LogP contribution in [0.15, 0.2) is 35.3 Å². The van der Waals surface area contributed by atoms with Crippen LogP contribution in [0.3, 0.4) is 0 Å². The predicted octanol–water partition coefficient (Wildman–Crippen LogP) is 1.56. The summed E-state index contributed by atoms with van der Waals surface area (Å²) in [6, 6.07) is 5.19. The van der Waals surface area contributed by atoms with Crippen LogP contribution in [-0.4, -0.2) is 29.5 Å². The summed E-state index contributed by atoms with van der Waals surface area (Å²) in [7, 11) is 1.44. The molecule has 1 heterocycles. The maximum atomic E-state index is 13.9. The van der Waals surface area contributed by atoms with Crippen molar-refractivity contribution in [1.29, 1.82) is 0 Å². The van der Waals surface area contributed by atoms with E-state index in [2.05, 4.69) is 5.10 Å². The van der Waals surface area contributed by atoms with E-state index in [4.69, 9.17) is 9.47 Å². The molecule has 0 fully saturated rings. The molecule has 0 aliphatic rings. The van der Waals surface area contributed by atoms with Gasteiger partial charge >= 0.3 is 5.97 Å². The second-order valence-electron chi connectivity index (χ2n) is 4.01. The van der Waals surface area contributed by atoms with Crippen molar-refractivity contribution in [3.05, 3.63) is 52.2 Å². The number of methoxy groups -OCH3 is 1. The largest absolute Gasteiger partial charge is 0.497 e. The third-order valence-electron chi connectivity index (χ3n) is 2.68. The molecule has 1 aromatic heterocycles. The first-order valence-corrected chi connectivity index (χ1v) is 6.17. The number of benzene rings is 1. The molecule has 21 heavy (non-hydrogen) atoms. The molecule has 0 spiro atoms. The van der Waals surface area contributed by atoms with Crippen molar-refractivity contribution in [3.8, 4) is 11.4 Å². The van der Waals surface area contributed by atoms with E-state index in [1.807, 2.05) is 0 Å². The number of hydrogen-bond acceptors (Lipinski definition) is 5. The number of rotatable bonds is 4. The zero-order valence-corrected chi connectivity index (χ0v) is 11.5. The van der Waals surface area contributed by atoms with Gasteiger partial charge in [-0.15, -0.1) is 0 Å². The Morgan fingerprint density at radius 3 is 2.81 bits per heavy atom. The van der Waals surface area contributed by atoms with Gasteiger partial charge in [-0.3, -0.25) is 4.79 Å². The molecule has 0 aliphatic carbocycles. The average molecular weight is 292 g/mol. The lowest BCUT2D eigenvalue weighted by molar-refractivity contribution is 0.0515. The molecule has 6 nitrogen and oxygen atoms in total. The van der Waals surface area contributed by atoms with Gasteiger partial charge in [0, 0.05) is 18.3 Å². The molecule has 1 aromatic carbocycles. The van der Waals surface area contributed by atoms with Crippen molar-refractivity contribution >= 4 is 5.97 Å². The van der Waals surface area contributed by atoms with Crippen molar-refractivity contribution in [2.45, 2.75) is 6.92 Å². The van der Waals surface area contributed by atoms with Gasteiger partial charge in [-0.05, 0) is 19.1 Å². The van der Waals surface area contributed by atoms with Gasteiger partial charge in [0.25, 0.3) is 0 Å². The van der Waals surface area contributed by atoms with E-state index in [1.54, 1.807) is 6.92 Å². The molecule has 0 unspecified atom stereocenters. The molecular weight excluding hydrogens is 279 g/mol. The Morgan fingerprint density at radius 2 is 2.14 bits per heavy atom. The molecule has 0 saturated heterocycles. The summed E-state index contributed by atoms with van der Waals surface area (Å²) in [4.78, 5) is 23.3. The number of nitrogens with zero attached hydrogens (tertiary/aromatic N) is 2. The summed E-state index contributed by atoms with van der Waals surface area (Å²) in [6.45, 7) is 1.73. The maximum absolute atomic E-state index is 13.9. The minimum Gasteiger partial charge on any atom is -0.497 e. The highest BCUT2D eigenvalue weighted by Gasteiger charge is 2.15. The normalized spacial score (nSPS) is 10.2. The summed E-state index contributed by atoms with van der Waals surface area (Å²) in [5.74, 6) is -0.994. The minimum atomic E-state index is -0.847. The van der Waals surface area contributed by atoms with Crippen LogP contribution < -0.4 is 10.2 Å². The van der Waals surface area contributed by atoms with Crippen molar-refractivity contribution in [2.24, 2.45) is 0 Å². The zero-order chi connectivity index (χ0) is 15.4. The van der Waals surface area contributed by atoms with Crippen molar-refractivity contribution in [1.82, 2.24) is 9.78 Å². The third-order valence-corrected chi connectivity index (χ3v) is 2.68. The summed E-state index contributed by atoms with van der Waals surface area (Å²) < 4.78 is 24.7. The molecule has 0 bridgehead atoms. The van der Waals surface area contributed by atoms with Gasteiger partial charge in [0.05, 0.1) is 13.7 Å². The monoisotopic (exact) mass is 292 g/mol. The van der Waals surface area contributed by atoms with Crippen LogP contribution in [-0.2, 0) is 4.74 Å². The van der Waals surface area contributed by atoms with Gasteiger partial charge in [0.2, 0.25) is 11.1 Å². The van der Waals surface area contributed by atoms with Crippen LogP contribution in [0.25, 0.3) is 5.69 Å². The van der Waals surface area contributed by atoms with Crippen LogP contribution in [0, 0.1) is 5.82 Å². The third kappa shape index (κ3) is 3.07. The number of carbonyl (C=O) groups excluding carboxylic acids is 1. The Bertz CT molecular complexity index is 727. The summed E-state index contributed by atoms with van der Waals surface area (Å²) in [5.41, 5.74) is -0.936. The predicted molar refractivity (Wildman–Crippen MR) is 72.3 cm³/mol. The van der Waals surface area contributed by atoms with Gasteiger partial charge in [0.1, 0.15) is 17.3 Å². The van der Waals surface area contributed by atoms with Gasteiger partial charge in [-0.1, -0.05) is 0 Å². The van der Waals surface area contributed by atoms with E-state index in [0.29, 0.717) is 5.75 Å². The fourth-order valence-electron chi connectivity index (χ4n) is 1.68. The minimum absolute atomic E-state index is 0.0555. The number of ether oxygens (including phenoxy) is 2. The Labute approximate surface area is 119 Å². The Kier molecular flexibility index (Phi) is 4.32. The molecule has 2 aromatic rings. The van der Waals surface area contributed by atoms with Crippen LogP contribution in [0.4, 0.5) is 4.39 Å². The molecule has 0 aliphatic heterocycles. The zero-order valence-electron chi connectivity index (χ0n) is 11.5. The fraction of sp³-hybridized carbons (Fsp3) is 0.214. The number of aromatic nitrogens is 2. The van der Waals surface area contributed by atoms with E-state index in [0.717, 1.165) is 10.7 Å². The molecule has 2 rings (SSSR count). The summed E-state index contributed by atoms with van der Waals surface area (Å²) >= 11 is 0. The smallest absolute Gasteiger partial charge is 0.362 e. The van der Waals surface area contributed by atoms with E-state index in [9.17, 15) is 14.0 Å². The van der Waals surface area contributed by atoms with Gasteiger partial charge in [-0.25, -0.2) is 13.9 Å². The average Bonchev–Trinajstić information content (AvgIpc) is 2.48. The van der Waals surface area contributed by atoms with E-state index >= 15 is 0 Å². The van der Waals surface area contributed by atoms with Gasteiger partial charge in [0.15, 0.2) is 0 Å². The Hall–Kier alpha value is -2.70. The first-order chi connectivity index (χ1) is 10.1. The Balaban J connectivity index is 2.53. The van der Waals surface area contributed by atoms with Gasteiger partial charge < -0.3 is 9.47 Å². The maximum Gasteiger partial charge on any atom is 0.362 e. The van der Waals surface area contributed by atoms with E-state index in [1.165, 1.54) is 31.5 Å². The van der Waals surface area contributed by atoms with Crippen molar-refractivity contribution < 1.29 is 18.7 Å². The highest BCUT2D eigenvalue weighted by atomic mass is 19.1. The standard InChI is InChI=1S/C14H13FN2O4/c1-3-21-14(19)13-12(18)6-7-17(16-13)11-8-9(20-2)4-5-10(11)15/h4-8H,3H2,1-2H3. The molecule has 7 heteroatoms. The lowest BCUT2D eigenvalue weighted by Crippen LogP contribution is -2.22. The molecule has 0 radical (unpaired) electrons. The Morgan fingerprint density at radius 1 is 1.38 bits per heavy atom. The van der Waals surface area contributed by atoms with E-state index < -0.39 is 22.9 Å². The highest BCUT2D eigenvalue weighted by Crippen LogP contribution is 2.19. The number of esters is 1. The van der Waals surface area contributed by atoms with Crippen LogP contribution in [0.1, 0.15) is 17.4 Å². The van der Waals surface area contributed by atoms with Crippen molar-refractivity contribution in [3.63, 3.8) is 0 Å². The van der Waals surface area contributed by atoms with Crippen LogP contribution in [0.5, 0.6) is 5.75 Å². The number of carbonyl (C=O) groups is 1. The lowest BCUT2D eigenvalue weighted by atomic mass is 10.3.